The monoisotopic (exact) mass is 438 g/mol. The van der Waals surface area contributed by atoms with Crippen molar-refractivity contribution in [3.8, 4) is 17.6 Å². The lowest BCUT2D eigenvalue weighted by molar-refractivity contribution is -0.112. The summed E-state index contributed by atoms with van der Waals surface area (Å²) in [6.07, 6.45) is 1.42. The van der Waals surface area contributed by atoms with Gasteiger partial charge in [-0.2, -0.15) is 5.26 Å². The number of amides is 1. The van der Waals surface area contributed by atoms with Gasteiger partial charge in [0.25, 0.3) is 5.91 Å². The Kier molecular flexibility index (Phi) is 6.97. The molecule has 0 spiro atoms. The highest BCUT2D eigenvalue weighted by atomic mass is 35.5. The predicted octanol–water partition coefficient (Wildman–Crippen LogP) is 5.82. The van der Waals surface area contributed by atoms with Gasteiger partial charge in [0, 0.05) is 21.3 Å². The number of aromatic hydroxyl groups is 1. The van der Waals surface area contributed by atoms with Gasteiger partial charge in [0.15, 0.2) is 0 Å². The Balaban J connectivity index is 1.81. The molecule has 0 unspecified atom stereocenters. The Bertz CT molecular complexity index is 1120. The van der Waals surface area contributed by atoms with E-state index in [0.29, 0.717) is 27.0 Å². The number of carbonyl (C=O) groups excluding carboxylic acids is 1. The molecule has 0 aliphatic heterocycles. The number of ether oxygens (including phenoxy) is 1. The van der Waals surface area contributed by atoms with Gasteiger partial charge in [-0.1, -0.05) is 35.3 Å². The zero-order chi connectivity index (χ0) is 21.5. The largest absolute Gasteiger partial charge is 0.508 e. The number of hydrogen-bond acceptors (Lipinski definition) is 4. The second-order valence-corrected chi connectivity index (χ2v) is 7.14. The van der Waals surface area contributed by atoms with Gasteiger partial charge < -0.3 is 15.2 Å². The maximum absolute atomic E-state index is 12.5. The minimum absolute atomic E-state index is 0.0745. The van der Waals surface area contributed by atoms with Crippen molar-refractivity contribution in [1.29, 1.82) is 5.26 Å². The molecular formula is C23H16Cl2N2O3. The molecule has 0 fully saturated rings. The van der Waals surface area contributed by atoms with E-state index in [2.05, 4.69) is 5.32 Å². The number of anilines is 1. The highest BCUT2D eigenvalue weighted by molar-refractivity contribution is 6.31. The van der Waals surface area contributed by atoms with Crippen LogP contribution in [0.1, 0.15) is 11.1 Å². The molecule has 0 radical (unpaired) electrons. The molecule has 0 bridgehead atoms. The Morgan fingerprint density at radius 1 is 1.03 bits per heavy atom. The van der Waals surface area contributed by atoms with E-state index in [4.69, 9.17) is 27.9 Å². The lowest BCUT2D eigenvalue weighted by atomic mass is 10.1. The van der Waals surface area contributed by atoms with E-state index < -0.39 is 5.91 Å². The highest BCUT2D eigenvalue weighted by Crippen LogP contribution is 2.27. The zero-order valence-electron chi connectivity index (χ0n) is 15.6. The van der Waals surface area contributed by atoms with Gasteiger partial charge in [-0.15, -0.1) is 0 Å². The second kappa shape index (κ2) is 9.84. The lowest BCUT2D eigenvalue weighted by Crippen LogP contribution is -2.13. The van der Waals surface area contributed by atoms with E-state index in [-0.39, 0.29) is 17.9 Å². The summed E-state index contributed by atoms with van der Waals surface area (Å²) in [5.74, 6) is -0.0446. The van der Waals surface area contributed by atoms with Crippen molar-refractivity contribution in [3.05, 3.63) is 93.5 Å². The van der Waals surface area contributed by atoms with Crippen LogP contribution in [0.2, 0.25) is 10.0 Å². The van der Waals surface area contributed by atoms with Crippen LogP contribution < -0.4 is 10.1 Å². The minimum atomic E-state index is -0.591. The molecular weight excluding hydrogens is 423 g/mol. The van der Waals surface area contributed by atoms with Crippen LogP contribution in [-0.4, -0.2) is 11.0 Å². The van der Waals surface area contributed by atoms with Crippen molar-refractivity contribution >= 4 is 40.9 Å². The molecule has 30 heavy (non-hydrogen) atoms. The Morgan fingerprint density at radius 2 is 1.70 bits per heavy atom. The van der Waals surface area contributed by atoms with E-state index >= 15 is 0 Å². The average Bonchev–Trinajstić information content (AvgIpc) is 2.74. The maximum Gasteiger partial charge on any atom is 0.266 e. The molecule has 3 rings (SSSR count). The molecule has 0 heterocycles. The van der Waals surface area contributed by atoms with Gasteiger partial charge in [-0.25, -0.2) is 0 Å². The van der Waals surface area contributed by atoms with Crippen molar-refractivity contribution < 1.29 is 14.6 Å². The average molecular weight is 439 g/mol. The molecule has 2 N–H and O–H groups in total. The number of nitrogens with one attached hydrogen (secondary N) is 1. The zero-order valence-corrected chi connectivity index (χ0v) is 17.1. The molecule has 3 aromatic carbocycles. The molecule has 150 valence electrons. The summed E-state index contributed by atoms with van der Waals surface area (Å²) in [5, 5.41) is 22.5. The molecule has 0 saturated carbocycles. The molecule has 3 aromatic rings. The number of halogens is 2. The normalized spacial score (nSPS) is 10.9. The Labute approximate surface area is 183 Å². The third-order valence-corrected chi connectivity index (χ3v) is 4.56. The first-order valence-electron chi connectivity index (χ1n) is 8.83. The van der Waals surface area contributed by atoms with Crippen LogP contribution in [0, 0.1) is 11.3 Å². The molecule has 5 nitrogen and oxygen atoms in total. The number of carbonyl (C=O) groups is 1. The van der Waals surface area contributed by atoms with E-state index in [0.717, 1.165) is 5.56 Å². The fraction of sp³-hybridized carbons (Fsp3) is 0.0435. The Hall–Kier alpha value is -3.46. The molecule has 0 aliphatic rings. The van der Waals surface area contributed by atoms with E-state index in [1.54, 1.807) is 30.3 Å². The standard InChI is InChI=1S/C23H16Cl2N2O3/c24-18-3-1-15(2-4-18)14-30-22-10-5-19(25)12-16(22)11-17(13-26)23(29)27-20-6-8-21(28)9-7-20/h1-12,28H,14H2,(H,27,29)/b17-11+. The van der Waals surface area contributed by atoms with Crippen LogP contribution in [0.5, 0.6) is 11.5 Å². The molecule has 7 heteroatoms. The first kappa shape index (κ1) is 21.3. The lowest BCUT2D eigenvalue weighted by Gasteiger charge is -2.11. The third-order valence-electron chi connectivity index (χ3n) is 4.07. The van der Waals surface area contributed by atoms with Gasteiger partial charge in [0.05, 0.1) is 0 Å². The quantitative estimate of drug-likeness (QED) is 0.288. The van der Waals surface area contributed by atoms with E-state index in [9.17, 15) is 15.2 Å². The highest BCUT2D eigenvalue weighted by Gasteiger charge is 2.12. The van der Waals surface area contributed by atoms with Crippen molar-refractivity contribution in [2.45, 2.75) is 6.61 Å². The van der Waals surface area contributed by atoms with Gasteiger partial charge in [0.1, 0.15) is 29.7 Å². The summed E-state index contributed by atoms with van der Waals surface area (Å²) in [4.78, 5) is 12.5. The number of phenolic OH excluding ortho intramolecular Hbond substituents is 1. The summed E-state index contributed by atoms with van der Waals surface area (Å²) < 4.78 is 5.86. The number of nitriles is 1. The number of nitrogens with zero attached hydrogens (tertiary/aromatic N) is 1. The van der Waals surface area contributed by atoms with Gasteiger partial charge in [0.2, 0.25) is 0 Å². The number of benzene rings is 3. The summed E-state index contributed by atoms with van der Waals surface area (Å²) >= 11 is 12.0. The summed E-state index contributed by atoms with van der Waals surface area (Å²) in [5.41, 5.74) is 1.73. The van der Waals surface area contributed by atoms with Crippen molar-refractivity contribution in [2.75, 3.05) is 5.32 Å². The maximum atomic E-state index is 12.5. The topological polar surface area (TPSA) is 82.3 Å². The predicted molar refractivity (Wildman–Crippen MR) is 118 cm³/mol. The van der Waals surface area contributed by atoms with Crippen molar-refractivity contribution in [1.82, 2.24) is 0 Å². The number of phenols is 1. The fourth-order valence-corrected chi connectivity index (χ4v) is 2.86. The molecule has 0 saturated heterocycles. The van der Waals surface area contributed by atoms with Crippen LogP contribution in [-0.2, 0) is 11.4 Å². The molecule has 0 aromatic heterocycles. The fourth-order valence-electron chi connectivity index (χ4n) is 2.55. The first-order chi connectivity index (χ1) is 14.4. The van der Waals surface area contributed by atoms with Crippen LogP contribution in [0.3, 0.4) is 0 Å². The van der Waals surface area contributed by atoms with E-state index in [1.165, 1.54) is 30.3 Å². The number of rotatable bonds is 6. The smallest absolute Gasteiger partial charge is 0.266 e. The number of hydrogen-bond donors (Lipinski definition) is 2. The minimum Gasteiger partial charge on any atom is -0.508 e. The first-order valence-corrected chi connectivity index (χ1v) is 9.59. The van der Waals surface area contributed by atoms with Crippen LogP contribution >= 0.6 is 23.2 Å². The summed E-state index contributed by atoms with van der Waals surface area (Å²) in [7, 11) is 0. The SMILES string of the molecule is N#C/C(=C\c1cc(Cl)ccc1OCc1ccc(Cl)cc1)C(=O)Nc1ccc(O)cc1. The van der Waals surface area contributed by atoms with E-state index in [1.807, 2.05) is 18.2 Å². The van der Waals surface area contributed by atoms with Gasteiger partial charge >= 0.3 is 0 Å². The van der Waals surface area contributed by atoms with Gasteiger partial charge in [-0.3, -0.25) is 4.79 Å². The van der Waals surface area contributed by atoms with Crippen molar-refractivity contribution in [3.63, 3.8) is 0 Å². The van der Waals surface area contributed by atoms with Gasteiger partial charge in [-0.05, 0) is 66.2 Å². The van der Waals surface area contributed by atoms with Crippen molar-refractivity contribution in [2.24, 2.45) is 0 Å². The molecule has 0 aliphatic carbocycles. The van der Waals surface area contributed by atoms with Crippen LogP contribution in [0.25, 0.3) is 6.08 Å². The van der Waals surface area contributed by atoms with Crippen LogP contribution in [0.15, 0.2) is 72.3 Å². The molecule has 1 amide bonds. The Morgan fingerprint density at radius 3 is 2.37 bits per heavy atom. The second-order valence-electron chi connectivity index (χ2n) is 6.27. The summed E-state index contributed by atoms with van der Waals surface area (Å²) in [6.45, 7) is 0.279. The summed E-state index contributed by atoms with van der Waals surface area (Å²) in [6, 6.07) is 20.0. The third kappa shape index (κ3) is 5.77. The van der Waals surface area contributed by atoms with Crippen LogP contribution in [0.4, 0.5) is 5.69 Å². The molecule has 0 atom stereocenters.